The lowest BCUT2D eigenvalue weighted by atomic mass is 9.92. The van der Waals surface area contributed by atoms with Crippen molar-refractivity contribution >= 4 is 46.9 Å². The molecule has 2 heterocycles. The molecule has 1 amide bonds. The Hall–Kier alpha value is -3.13. The first-order valence-corrected chi connectivity index (χ1v) is 18.7. The molecule has 0 unspecified atom stereocenters. The van der Waals surface area contributed by atoms with Crippen molar-refractivity contribution in [3.63, 3.8) is 0 Å². The van der Waals surface area contributed by atoms with E-state index in [1.54, 1.807) is 12.1 Å². The zero-order valence-electron chi connectivity index (χ0n) is 30.1. The van der Waals surface area contributed by atoms with Gasteiger partial charge in [0.2, 0.25) is 15.8 Å². The lowest BCUT2D eigenvalue weighted by molar-refractivity contribution is -0.380. The molecule has 5 N–H and O–H groups in total. The van der Waals surface area contributed by atoms with Crippen LogP contribution in [0.4, 0.5) is 4.79 Å². The van der Waals surface area contributed by atoms with Gasteiger partial charge in [0.25, 0.3) is 0 Å². The van der Waals surface area contributed by atoms with Gasteiger partial charge in [-0.2, -0.15) is 0 Å². The van der Waals surface area contributed by atoms with Gasteiger partial charge in [-0.05, 0) is 16.7 Å². The van der Waals surface area contributed by atoms with E-state index in [0.29, 0.717) is 0 Å². The molecule has 2 aliphatic rings. The van der Waals surface area contributed by atoms with Crippen LogP contribution in [0.25, 0.3) is 0 Å². The molecule has 10 atom stereocenters. The fraction of sp³-hybridized carbons (Fsp3) is 0.474. The van der Waals surface area contributed by atoms with E-state index in [1.807, 2.05) is 84.2 Å². The van der Waals surface area contributed by atoms with Gasteiger partial charge in [0.1, 0.15) is 43.2 Å². The number of halogens is 3. The molecule has 306 valence electrons. The number of aliphatic hydroxyl groups excluding tert-OH is 3. The van der Waals surface area contributed by atoms with Gasteiger partial charge in [-0.15, -0.1) is 0 Å². The van der Waals surface area contributed by atoms with E-state index in [-0.39, 0.29) is 33.0 Å². The topological polar surface area (TPSA) is 201 Å². The van der Waals surface area contributed by atoms with Crippen molar-refractivity contribution in [1.29, 1.82) is 0 Å². The first kappa shape index (κ1) is 44.0. The predicted molar refractivity (Wildman–Crippen MR) is 199 cm³/mol. The summed E-state index contributed by atoms with van der Waals surface area (Å²) < 4.78 is 44.4. The van der Waals surface area contributed by atoms with Crippen LogP contribution in [0, 0.1) is 0 Å². The van der Waals surface area contributed by atoms with E-state index in [9.17, 15) is 30.0 Å². The molecule has 0 saturated carbocycles. The summed E-state index contributed by atoms with van der Waals surface area (Å²) in [4.78, 5) is 25.4. The smallest absolute Gasteiger partial charge is 0.409 e. The number of amides is 1. The number of nitrogens with one attached hydrogen (secondary N) is 1. The van der Waals surface area contributed by atoms with Gasteiger partial charge in [0.05, 0.1) is 33.0 Å². The zero-order chi connectivity index (χ0) is 40.3. The second kappa shape index (κ2) is 20.5. The molecule has 0 bridgehead atoms. The lowest BCUT2D eigenvalue weighted by Crippen LogP contribution is -2.75. The van der Waals surface area contributed by atoms with Gasteiger partial charge in [-0.1, -0.05) is 126 Å². The number of ether oxygens (including phenoxy) is 8. The van der Waals surface area contributed by atoms with Gasteiger partial charge in [0, 0.05) is 6.92 Å². The normalized spacial score (nSPS) is 29.3. The second-order valence-electron chi connectivity index (χ2n) is 13.1. The number of carbonyl (C=O) groups excluding carboxylic acids is 2. The summed E-state index contributed by atoms with van der Waals surface area (Å²) in [5, 5.41) is 47.9. The number of alkyl carbamates (subject to hydrolysis) is 1. The predicted octanol–water partition coefficient (Wildman–Crippen LogP) is 3.27. The fourth-order valence-corrected chi connectivity index (χ4v) is 6.22. The Morgan fingerprint density at radius 3 is 1.75 bits per heavy atom. The number of rotatable bonds is 16. The van der Waals surface area contributed by atoms with Crippen molar-refractivity contribution in [1.82, 2.24) is 5.32 Å². The van der Waals surface area contributed by atoms with Crippen LogP contribution in [-0.2, 0) is 62.5 Å². The zero-order valence-corrected chi connectivity index (χ0v) is 32.4. The van der Waals surface area contributed by atoms with Gasteiger partial charge in [0.15, 0.2) is 12.4 Å². The Labute approximate surface area is 338 Å². The summed E-state index contributed by atoms with van der Waals surface area (Å²) in [5.41, 5.74) is -0.551. The molecule has 2 aliphatic heterocycles. The van der Waals surface area contributed by atoms with Crippen LogP contribution in [0.15, 0.2) is 91.0 Å². The van der Waals surface area contributed by atoms with E-state index in [4.69, 9.17) is 72.7 Å². The number of hydrogen-bond acceptors (Lipinski definition) is 14. The average molecular weight is 845 g/mol. The quantitative estimate of drug-likeness (QED) is 0.0800. The van der Waals surface area contributed by atoms with Crippen molar-refractivity contribution in [3.05, 3.63) is 108 Å². The maximum atomic E-state index is 12.8. The van der Waals surface area contributed by atoms with Crippen molar-refractivity contribution in [2.45, 2.75) is 91.6 Å². The number of carbonyl (C=O) groups is 2. The van der Waals surface area contributed by atoms with Crippen LogP contribution in [0.5, 0.6) is 0 Å². The highest BCUT2D eigenvalue weighted by molar-refractivity contribution is 6.67. The van der Waals surface area contributed by atoms with Crippen LogP contribution in [-0.4, -0.2) is 117 Å². The standard InChI is InChI=1S/C38H44Cl3NO14/c1-23(43)53-33-32(28(21-50-18-25-13-7-3-8-14-25)55-35(46)38(33,48)42-36(47)52-22-37(39,40)41)56-34-30(45)29(44)31(51-19-26-15-9-4-10-16-26)27(54-34)20-49-17-24-11-5-2-6-12-24/h2-16,27-35,44-46,48H,17-22H2,1H3,(H,42,47)/t27-,28-,29-,30-,31+,32-,33+,34+,35-,38-/m1/s1. The molecule has 0 radical (unpaired) electrons. The van der Waals surface area contributed by atoms with Crippen LogP contribution in [0.1, 0.15) is 23.6 Å². The summed E-state index contributed by atoms with van der Waals surface area (Å²) in [6, 6.07) is 27.5. The molecule has 2 saturated heterocycles. The summed E-state index contributed by atoms with van der Waals surface area (Å²) in [6.45, 7) is 0.0342. The highest BCUT2D eigenvalue weighted by atomic mass is 35.6. The number of benzene rings is 3. The van der Waals surface area contributed by atoms with Crippen molar-refractivity contribution in [2.24, 2.45) is 0 Å². The van der Waals surface area contributed by atoms with Gasteiger partial charge in [-0.3, -0.25) is 10.1 Å². The van der Waals surface area contributed by atoms with E-state index in [0.717, 1.165) is 23.6 Å². The minimum atomic E-state index is -2.98. The van der Waals surface area contributed by atoms with Crippen molar-refractivity contribution in [3.8, 4) is 0 Å². The van der Waals surface area contributed by atoms with E-state index < -0.39 is 83.5 Å². The highest BCUT2D eigenvalue weighted by Gasteiger charge is 2.61. The Bertz CT molecular complexity index is 1660. The van der Waals surface area contributed by atoms with Gasteiger partial charge >= 0.3 is 12.1 Å². The first-order chi connectivity index (χ1) is 26.7. The lowest BCUT2D eigenvalue weighted by Gasteiger charge is -2.50. The van der Waals surface area contributed by atoms with Gasteiger partial charge in [-0.25, -0.2) is 4.79 Å². The number of alkyl halides is 3. The SMILES string of the molecule is CC(=O)O[C@H]1[C@H](O[C@@H]2O[C@H](COCc3ccccc3)[C@H](OCc3ccccc3)[C@H](O)[C@H]2O)[C@@H](COCc2ccccc2)O[C@@H](O)[C@@]1(O)NC(=O)OCC(Cl)(Cl)Cl. The Morgan fingerprint density at radius 2 is 1.25 bits per heavy atom. The minimum Gasteiger partial charge on any atom is -0.454 e. The Morgan fingerprint density at radius 1 is 0.750 bits per heavy atom. The Kier molecular flexibility index (Phi) is 16.1. The molecule has 15 nitrogen and oxygen atoms in total. The van der Waals surface area contributed by atoms with Crippen molar-refractivity contribution in [2.75, 3.05) is 19.8 Å². The number of aliphatic hydroxyl groups is 4. The van der Waals surface area contributed by atoms with Crippen LogP contribution < -0.4 is 5.32 Å². The maximum Gasteiger partial charge on any atom is 0.409 e. The molecular weight excluding hydrogens is 801 g/mol. The number of hydrogen-bond donors (Lipinski definition) is 5. The maximum absolute atomic E-state index is 12.8. The third kappa shape index (κ3) is 12.4. The van der Waals surface area contributed by atoms with Crippen molar-refractivity contribution < 1.29 is 67.9 Å². The first-order valence-electron chi connectivity index (χ1n) is 17.5. The van der Waals surface area contributed by atoms with E-state index in [1.165, 1.54) is 0 Å². The largest absolute Gasteiger partial charge is 0.454 e. The fourth-order valence-electron chi connectivity index (χ4n) is 6.06. The average Bonchev–Trinajstić information content (AvgIpc) is 3.17. The molecule has 56 heavy (non-hydrogen) atoms. The summed E-state index contributed by atoms with van der Waals surface area (Å²) in [7, 11) is 0. The number of esters is 1. The summed E-state index contributed by atoms with van der Waals surface area (Å²) >= 11 is 17.1. The second-order valence-corrected chi connectivity index (χ2v) is 15.6. The molecule has 3 aromatic carbocycles. The van der Waals surface area contributed by atoms with E-state index in [2.05, 4.69) is 0 Å². The molecule has 3 aromatic rings. The van der Waals surface area contributed by atoms with Crippen LogP contribution in [0.2, 0.25) is 0 Å². The van der Waals surface area contributed by atoms with Crippen LogP contribution in [0.3, 0.4) is 0 Å². The molecule has 18 heteroatoms. The monoisotopic (exact) mass is 843 g/mol. The third-order valence-electron chi connectivity index (χ3n) is 8.75. The molecule has 2 fully saturated rings. The molecule has 0 aromatic heterocycles. The summed E-state index contributed by atoms with van der Waals surface area (Å²) in [5.74, 6) is -0.983. The Balaban J connectivity index is 1.42. The minimum absolute atomic E-state index is 0.0517. The summed E-state index contributed by atoms with van der Waals surface area (Å²) in [6.07, 6.45) is -16.1. The van der Waals surface area contributed by atoms with Crippen LogP contribution >= 0.6 is 34.8 Å². The van der Waals surface area contributed by atoms with E-state index >= 15 is 0 Å². The highest BCUT2D eigenvalue weighted by Crippen LogP contribution is 2.36. The molecule has 0 aliphatic carbocycles. The molecule has 5 rings (SSSR count). The molecule has 0 spiro atoms. The van der Waals surface area contributed by atoms with Gasteiger partial charge < -0.3 is 58.3 Å². The third-order valence-corrected chi connectivity index (χ3v) is 9.07. The molecular formula is C38H44Cl3NO14.